The van der Waals surface area contributed by atoms with Crippen LogP contribution >= 0.6 is 11.6 Å². The van der Waals surface area contributed by atoms with E-state index in [-0.39, 0.29) is 12.6 Å². The molecule has 0 saturated carbocycles. The quantitative estimate of drug-likeness (QED) is 0.846. The van der Waals surface area contributed by atoms with E-state index in [2.05, 4.69) is 5.32 Å². The molecule has 1 heterocycles. The number of aliphatic hydroxyl groups is 1. The number of ether oxygens (including phenoxy) is 1. The van der Waals surface area contributed by atoms with E-state index in [4.69, 9.17) is 16.3 Å². The van der Waals surface area contributed by atoms with Crippen LogP contribution in [-0.4, -0.2) is 42.3 Å². The van der Waals surface area contributed by atoms with Gasteiger partial charge in [-0.25, -0.2) is 4.79 Å². The fraction of sp³-hybridized carbons (Fsp3) is 0.417. The highest BCUT2D eigenvalue weighted by Gasteiger charge is 2.18. The maximum absolute atomic E-state index is 11.3. The van der Waals surface area contributed by atoms with Crippen molar-refractivity contribution in [1.82, 2.24) is 10.2 Å². The van der Waals surface area contributed by atoms with Crippen LogP contribution in [-0.2, 0) is 6.61 Å². The normalized spacial score (nSPS) is 14.8. The average Bonchev–Trinajstić information content (AvgIpc) is 2.75. The van der Waals surface area contributed by atoms with Crippen molar-refractivity contribution >= 4 is 17.6 Å². The molecular formula is C12H15ClN2O3. The van der Waals surface area contributed by atoms with Gasteiger partial charge in [0.15, 0.2) is 0 Å². The van der Waals surface area contributed by atoms with Crippen LogP contribution in [0.1, 0.15) is 5.56 Å². The molecule has 2 amide bonds. The lowest BCUT2D eigenvalue weighted by Gasteiger charge is -2.16. The van der Waals surface area contributed by atoms with Crippen molar-refractivity contribution in [2.45, 2.75) is 6.61 Å². The molecule has 1 aliphatic heterocycles. The number of amides is 2. The molecule has 0 atom stereocenters. The van der Waals surface area contributed by atoms with Crippen molar-refractivity contribution < 1.29 is 14.6 Å². The van der Waals surface area contributed by atoms with Crippen molar-refractivity contribution in [3.8, 4) is 5.75 Å². The number of hydrogen-bond acceptors (Lipinski definition) is 3. The van der Waals surface area contributed by atoms with E-state index in [1.165, 1.54) is 0 Å². The highest BCUT2D eigenvalue weighted by atomic mass is 35.5. The second kappa shape index (κ2) is 5.93. The molecule has 98 valence electrons. The van der Waals surface area contributed by atoms with Gasteiger partial charge in [-0.2, -0.15) is 0 Å². The van der Waals surface area contributed by atoms with Gasteiger partial charge in [-0.05, 0) is 12.1 Å². The molecule has 0 aromatic heterocycles. The number of nitrogens with one attached hydrogen (secondary N) is 1. The zero-order valence-corrected chi connectivity index (χ0v) is 10.6. The fourth-order valence-corrected chi connectivity index (χ4v) is 2.04. The minimum Gasteiger partial charge on any atom is -0.491 e. The zero-order chi connectivity index (χ0) is 13.0. The maximum atomic E-state index is 11.3. The molecular weight excluding hydrogens is 256 g/mol. The Kier molecular flexibility index (Phi) is 4.28. The van der Waals surface area contributed by atoms with E-state index in [0.29, 0.717) is 42.6 Å². The number of carbonyl (C=O) groups excluding carboxylic acids is 1. The molecule has 0 bridgehead atoms. The molecule has 0 aliphatic carbocycles. The van der Waals surface area contributed by atoms with Gasteiger partial charge in [-0.3, -0.25) is 0 Å². The molecule has 2 N–H and O–H groups in total. The largest absolute Gasteiger partial charge is 0.491 e. The Balaban J connectivity index is 1.90. The standard InChI is InChI=1S/C12H15ClN2O3/c13-10-2-1-3-11(9(10)8-16)18-7-6-15-5-4-14-12(15)17/h1-3,16H,4-8H2,(H,14,17). The number of benzene rings is 1. The Labute approximate surface area is 110 Å². The number of hydrogen-bond donors (Lipinski definition) is 2. The summed E-state index contributed by atoms with van der Waals surface area (Å²) in [6, 6.07) is 5.15. The van der Waals surface area contributed by atoms with Gasteiger partial charge < -0.3 is 20.1 Å². The number of halogens is 1. The Hall–Kier alpha value is -1.46. The summed E-state index contributed by atoms with van der Waals surface area (Å²) >= 11 is 5.94. The minimum absolute atomic E-state index is 0.0629. The van der Waals surface area contributed by atoms with Gasteiger partial charge in [-0.1, -0.05) is 17.7 Å². The molecule has 0 unspecified atom stereocenters. The number of nitrogens with zero attached hydrogens (tertiary/aromatic N) is 1. The predicted octanol–water partition coefficient (Wildman–Crippen LogP) is 1.24. The summed E-state index contributed by atoms with van der Waals surface area (Å²) < 4.78 is 5.55. The van der Waals surface area contributed by atoms with Crippen molar-refractivity contribution in [3.05, 3.63) is 28.8 Å². The van der Waals surface area contributed by atoms with Crippen LogP contribution in [0, 0.1) is 0 Å². The van der Waals surface area contributed by atoms with Gasteiger partial charge in [0.05, 0.1) is 13.2 Å². The Morgan fingerprint density at radius 3 is 3.00 bits per heavy atom. The number of aliphatic hydroxyl groups excluding tert-OH is 1. The van der Waals surface area contributed by atoms with Gasteiger partial charge in [0.1, 0.15) is 12.4 Å². The molecule has 5 nitrogen and oxygen atoms in total. The summed E-state index contributed by atoms with van der Waals surface area (Å²) in [4.78, 5) is 13.0. The first-order valence-electron chi connectivity index (χ1n) is 5.76. The van der Waals surface area contributed by atoms with E-state index < -0.39 is 0 Å². The van der Waals surface area contributed by atoms with Gasteiger partial charge in [0.25, 0.3) is 0 Å². The fourth-order valence-electron chi connectivity index (χ4n) is 1.82. The second-order valence-corrected chi connectivity index (χ2v) is 4.35. The monoisotopic (exact) mass is 270 g/mol. The van der Waals surface area contributed by atoms with E-state index in [1.54, 1.807) is 23.1 Å². The third-order valence-corrected chi connectivity index (χ3v) is 3.15. The maximum Gasteiger partial charge on any atom is 0.317 e. The third-order valence-electron chi connectivity index (χ3n) is 2.80. The van der Waals surface area contributed by atoms with Crippen molar-refractivity contribution in [2.24, 2.45) is 0 Å². The first kappa shape index (κ1) is 13.0. The summed E-state index contributed by atoms with van der Waals surface area (Å²) in [7, 11) is 0. The van der Waals surface area contributed by atoms with Crippen molar-refractivity contribution in [2.75, 3.05) is 26.2 Å². The van der Waals surface area contributed by atoms with Crippen LogP contribution < -0.4 is 10.1 Å². The lowest BCUT2D eigenvalue weighted by atomic mass is 10.2. The van der Waals surface area contributed by atoms with Gasteiger partial charge in [0, 0.05) is 23.7 Å². The van der Waals surface area contributed by atoms with Crippen LogP contribution in [0.4, 0.5) is 4.79 Å². The van der Waals surface area contributed by atoms with E-state index in [0.717, 1.165) is 0 Å². The highest BCUT2D eigenvalue weighted by Crippen LogP contribution is 2.26. The van der Waals surface area contributed by atoms with Crippen molar-refractivity contribution in [1.29, 1.82) is 0 Å². The summed E-state index contributed by atoms with van der Waals surface area (Å²) in [5.41, 5.74) is 0.574. The number of rotatable bonds is 5. The van der Waals surface area contributed by atoms with E-state index >= 15 is 0 Å². The second-order valence-electron chi connectivity index (χ2n) is 3.94. The minimum atomic E-state index is -0.167. The third kappa shape index (κ3) is 2.86. The van der Waals surface area contributed by atoms with Crippen LogP contribution in [0.2, 0.25) is 5.02 Å². The summed E-state index contributed by atoms with van der Waals surface area (Å²) in [5, 5.41) is 12.4. The molecule has 2 rings (SSSR count). The number of carbonyl (C=O) groups is 1. The summed E-state index contributed by atoms with van der Waals surface area (Å²) in [6.45, 7) is 2.10. The first-order chi connectivity index (χ1) is 8.72. The molecule has 1 saturated heterocycles. The Morgan fingerprint density at radius 1 is 1.50 bits per heavy atom. The van der Waals surface area contributed by atoms with E-state index in [9.17, 15) is 9.90 Å². The molecule has 18 heavy (non-hydrogen) atoms. The van der Waals surface area contributed by atoms with Crippen LogP contribution in [0.15, 0.2) is 18.2 Å². The molecule has 0 spiro atoms. The van der Waals surface area contributed by atoms with Crippen LogP contribution in [0.25, 0.3) is 0 Å². The smallest absolute Gasteiger partial charge is 0.317 e. The number of urea groups is 1. The summed E-state index contributed by atoms with van der Waals surface area (Å²) in [6.07, 6.45) is 0. The molecule has 1 aliphatic rings. The van der Waals surface area contributed by atoms with Gasteiger partial charge >= 0.3 is 6.03 Å². The highest BCUT2D eigenvalue weighted by molar-refractivity contribution is 6.31. The Bertz CT molecular complexity index is 439. The van der Waals surface area contributed by atoms with Crippen molar-refractivity contribution in [3.63, 3.8) is 0 Å². The van der Waals surface area contributed by atoms with Gasteiger partial charge in [0.2, 0.25) is 0 Å². The molecule has 1 aromatic carbocycles. The zero-order valence-electron chi connectivity index (χ0n) is 9.86. The predicted molar refractivity (Wildman–Crippen MR) is 67.8 cm³/mol. The molecule has 6 heteroatoms. The molecule has 0 radical (unpaired) electrons. The lowest BCUT2D eigenvalue weighted by Crippen LogP contribution is -2.31. The lowest BCUT2D eigenvalue weighted by molar-refractivity contribution is 0.200. The average molecular weight is 271 g/mol. The van der Waals surface area contributed by atoms with Gasteiger partial charge in [-0.15, -0.1) is 0 Å². The molecule has 1 aromatic rings. The van der Waals surface area contributed by atoms with Crippen LogP contribution in [0.5, 0.6) is 5.75 Å². The Morgan fingerprint density at radius 2 is 2.33 bits per heavy atom. The SMILES string of the molecule is O=C1NCCN1CCOc1cccc(Cl)c1CO. The summed E-state index contributed by atoms with van der Waals surface area (Å²) in [5.74, 6) is 0.560. The first-order valence-corrected chi connectivity index (χ1v) is 6.14. The topological polar surface area (TPSA) is 61.8 Å². The van der Waals surface area contributed by atoms with Crippen LogP contribution in [0.3, 0.4) is 0 Å². The molecule has 1 fully saturated rings. The van der Waals surface area contributed by atoms with E-state index in [1.807, 2.05) is 0 Å².